The first kappa shape index (κ1) is 16.4. The van der Waals surface area contributed by atoms with Crippen LogP contribution in [-0.4, -0.2) is 34.0 Å². The number of carbonyl (C=O) groups excluding carboxylic acids is 1. The molecule has 6 nitrogen and oxygen atoms in total. The Morgan fingerprint density at radius 3 is 2.78 bits per heavy atom. The standard InChI is InChI=1S/C16H22N2O4S/c1-4-13(19)12-8-18(10-17-12)23(21,22)9-16-6-5-11(7-14(16)20)15(16,2)3/h4,8,10-11,13,19H,1,5-7,9H2,2-3H3. The zero-order valence-electron chi connectivity index (χ0n) is 13.4. The van der Waals surface area contributed by atoms with E-state index in [0.717, 1.165) is 10.4 Å². The SMILES string of the molecule is C=CC(O)c1cn(S(=O)(=O)CC23CCC(CC2=O)C3(C)C)cn1. The molecule has 126 valence electrons. The number of fused-ring (bicyclic) bond motifs is 2. The second-order valence-electron chi connectivity index (χ2n) is 7.23. The Kier molecular flexibility index (Phi) is 3.57. The molecule has 0 radical (unpaired) electrons. The minimum Gasteiger partial charge on any atom is -0.383 e. The third kappa shape index (κ3) is 2.21. The van der Waals surface area contributed by atoms with Gasteiger partial charge in [0, 0.05) is 12.6 Å². The van der Waals surface area contributed by atoms with Crippen LogP contribution in [0.4, 0.5) is 0 Å². The molecule has 1 heterocycles. The average molecular weight is 338 g/mol. The van der Waals surface area contributed by atoms with Gasteiger partial charge in [0.2, 0.25) is 10.0 Å². The number of hydrogen-bond acceptors (Lipinski definition) is 5. The molecule has 1 aromatic rings. The van der Waals surface area contributed by atoms with Gasteiger partial charge in [0.15, 0.2) is 0 Å². The Morgan fingerprint density at radius 1 is 1.57 bits per heavy atom. The quantitative estimate of drug-likeness (QED) is 0.825. The maximum absolute atomic E-state index is 12.8. The number of aliphatic hydroxyl groups excluding tert-OH is 1. The molecule has 0 amide bonds. The summed E-state index contributed by atoms with van der Waals surface area (Å²) in [5, 5.41) is 9.68. The van der Waals surface area contributed by atoms with Gasteiger partial charge in [-0.15, -0.1) is 6.58 Å². The van der Waals surface area contributed by atoms with Gasteiger partial charge in [-0.1, -0.05) is 19.9 Å². The smallest absolute Gasteiger partial charge is 0.240 e. The third-order valence-corrected chi connectivity index (χ3v) is 7.70. The molecule has 0 aliphatic heterocycles. The normalized spacial score (nSPS) is 30.6. The minimum absolute atomic E-state index is 0.0637. The summed E-state index contributed by atoms with van der Waals surface area (Å²) in [5.41, 5.74) is -0.887. The van der Waals surface area contributed by atoms with Gasteiger partial charge in [-0.25, -0.2) is 17.4 Å². The molecule has 3 atom stereocenters. The third-order valence-electron chi connectivity index (χ3n) is 6.00. The van der Waals surface area contributed by atoms with Gasteiger partial charge in [-0.3, -0.25) is 4.79 Å². The van der Waals surface area contributed by atoms with Crippen LogP contribution in [0.25, 0.3) is 0 Å². The highest BCUT2D eigenvalue weighted by molar-refractivity contribution is 7.89. The van der Waals surface area contributed by atoms with E-state index < -0.39 is 21.5 Å². The summed E-state index contributed by atoms with van der Waals surface area (Å²) in [6, 6.07) is 0. The zero-order valence-corrected chi connectivity index (χ0v) is 14.2. The van der Waals surface area contributed by atoms with Crippen molar-refractivity contribution in [1.82, 2.24) is 8.96 Å². The van der Waals surface area contributed by atoms with Crippen molar-refractivity contribution in [3.63, 3.8) is 0 Å². The Hall–Kier alpha value is -1.47. The molecule has 2 bridgehead atoms. The van der Waals surface area contributed by atoms with Crippen LogP contribution in [0.5, 0.6) is 0 Å². The van der Waals surface area contributed by atoms with E-state index in [0.29, 0.717) is 12.8 Å². The predicted molar refractivity (Wildman–Crippen MR) is 85.1 cm³/mol. The van der Waals surface area contributed by atoms with Crippen LogP contribution < -0.4 is 0 Å². The second kappa shape index (κ2) is 5.01. The van der Waals surface area contributed by atoms with Crippen LogP contribution in [-0.2, 0) is 14.8 Å². The predicted octanol–water partition coefficient (Wildman–Crippen LogP) is 1.68. The van der Waals surface area contributed by atoms with Gasteiger partial charge >= 0.3 is 0 Å². The second-order valence-corrected chi connectivity index (χ2v) is 9.11. The number of rotatable bonds is 5. The van der Waals surface area contributed by atoms with Gasteiger partial charge in [-0.05, 0) is 24.2 Å². The topological polar surface area (TPSA) is 89.3 Å². The molecule has 2 aliphatic carbocycles. The van der Waals surface area contributed by atoms with Crippen molar-refractivity contribution in [2.45, 2.75) is 39.2 Å². The maximum Gasteiger partial charge on any atom is 0.240 e. The number of imidazole rings is 1. The number of carbonyl (C=O) groups is 1. The minimum atomic E-state index is -3.72. The highest BCUT2D eigenvalue weighted by atomic mass is 32.2. The fraction of sp³-hybridized carbons (Fsp3) is 0.625. The average Bonchev–Trinajstić information content (AvgIpc) is 3.10. The van der Waals surface area contributed by atoms with Gasteiger partial charge in [0.1, 0.15) is 18.2 Å². The molecule has 0 spiro atoms. The van der Waals surface area contributed by atoms with E-state index in [1.165, 1.54) is 18.6 Å². The van der Waals surface area contributed by atoms with E-state index in [2.05, 4.69) is 11.6 Å². The van der Waals surface area contributed by atoms with Crippen LogP contribution >= 0.6 is 0 Å². The van der Waals surface area contributed by atoms with Crippen LogP contribution in [0.2, 0.25) is 0 Å². The summed E-state index contributed by atoms with van der Waals surface area (Å²) in [6.07, 6.45) is 4.74. The molecular weight excluding hydrogens is 316 g/mol. The van der Waals surface area contributed by atoms with Crippen LogP contribution in [0.15, 0.2) is 25.2 Å². The largest absolute Gasteiger partial charge is 0.383 e. The molecule has 3 rings (SSSR count). The van der Waals surface area contributed by atoms with Crippen molar-refractivity contribution in [1.29, 1.82) is 0 Å². The van der Waals surface area contributed by atoms with E-state index >= 15 is 0 Å². The molecule has 2 saturated carbocycles. The Labute approximate surface area is 136 Å². The van der Waals surface area contributed by atoms with Crippen molar-refractivity contribution in [3.8, 4) is 0 Å². The molecule has 2 fully saturated rings. The summed E-state index contributed by atoms with van der Waals surface area (Å²) < 4.78 is 26.6. The summed E-state index contributed by atoms with van der Waals surface area (Å²) in [5.74, 6) is 0.127. The van der Waals surface area contributed by atoms with Crippen molar-refractivity contribution in [3.05, 3.63) is 30.9 Å². The molecular formula is C16H22N2O4S. The number of aliphatic hydroxyl groups is 1. The van der Waals surface area contributed by atoms with E-state index in [4.69, 9.17) is 0 Å². The lowest BCUT2D eigenvalue weighted by Gasteiger charge is -2.36. The maximum atomic E-state index is 12.8. The van der Waals surface area contributed by atoms with Crippen LogP contribution in [0, 0.1) is 16.7 Å². The fourth-order valence-corrected chi connectivity index (χ4v) is 6.15. The highest BCUT2D eigenvalue weighted by Gasteiger charge is 2.65. The van der Waals surface area contributed by atoms with Gasteiger partial charge in [0.25, 0.3) is 0 Å². The van der Waals surface area contributed by atoms with Crippen LogP contribution in [0.3, 0.4) is 0 Å². The number of Topliss-reactive ketones (excluding diaryl/α,β-unsaturated/α-hetero) is 1. The zero-order chi connectivity index (χ0) is 17.0. The van der Waals surface area contributed by atoms with E-state index in [1.54, 1.807) is 0 Å². The van der Waals surface area contributed by atoms with E-state index in [1.807, 2.05) is 13.8 Å². The van der Waals surface area contributed by atoms with Gasteiger partial charge in [0.05, 0.1) is 16.9 Å². The lowest BCUT2D eigenvalue weighted by molar-refractivity contribution is -0.128. The highest BCUT2D eigenvalue weighted by Crippen LogP contribution is 2.64. The lowest BCUT2D eigenvalue weighted by Crippen LogP contribution is -2.43. The molecule has 3 unspecified atom stereocenters. The van der Waals surface area contributed by atoms with Crippen LogP contribution in [0.1, 0.15) is 44.9 Å². The summed E-state index contributed by atoms with van der Waals surface area (Å²) >= 11 is 0. The van der Waals surface area contributed by atoms with Crippen molar-refractivity contribution in [2.24, 2.45) is 16.7 Å². The number of ketones is 1. The van der Waals surface area contributed by atoms with Crippen molar-refractivity contribution in [2.75, 3.05) is 5.75 Å². The first-order valence-electron chi connectivity index (χ1n) is 7.75. The molecule has 1 N–H and O–H groups in total. The first-order valence-corrected chi connectivity index (χ1v) is 9.36. The van der Waals surface area contributed by atoms with E-state index in [9.17, 15) is 18.3 Å². The van der Waals surface area contributed by atoms with Crippen molar-refractivity contribution >= 4 is 15.8 Å². The Morgan fingerprint density at radius 2 is 2.26 bits per heavy atom. The Balaban J connectivity index is 1.94. The van der Waals surface area contributed by atoms with Gasteiger partial charge < -0.3 is 5.11 Å². The number of nitrogens with zero attached hydrogens (tertiary/aromatic N) is 2. The molecule has 0 saturated heterocycles. The monoisotopic (exact) mass is 338 g/mol. The fourth-order valence-electron chi connectivity index (χ4n) is 4.24. The summed E-state index contributed by atoms with van der Waals surface area (Å²) in [6.45, 7) is 7.47. The molecule has 7 heteroatoms. The summed E-state index contributed by atoms with van der Waals surface area (Å²) in [4.78, 5) is 16.4. The molecule has 2 aliphatic rings. The van der Waals surface area contributed by atoms with E-state index in [-0.39, 0.29) is 28.6 Å². The van der Waals surface area contributed by atoms with Crippen molar-refractivity contribution < 1.29 is 18.3 Å². The molecule has 0 aromatic carbocycles. The number of aromatic nitrogens is 2. The molecule has 1 aromatic heterocycles. The summed E-state index contributed by atoms with van der Waals surface area (Å²) in [7, 11) is -3.72. The van der Waals surface area contributed by atoms with Gasteiger partial charge in [-0.2, -0.15) is 0 Å². The molecule has 23 heavy (non-hydrogen) atoms. The Bertz CT molecular complexity index is 765. The lowest BCUT2D eigenvalue weighted by atomic mass is 9.70. The number of hydrogen-bond donors (Lipinski definition) is 1. The first-order chi connectivity index (χ1) is 10.6.